The molecule has 0 spiro atoms. The quantitative estimate of drug-likeness (QED) is 0.869. The van der Waals surface area contributed by atoms with E-state index in [9.17, 15) is 9.50 Å². The first-order valence-electron chi connectivity index (χ1n) is 6.24. The van der Waals surface area contributed by atoms with E-state index in [1.165, 1.54) is 12.1 Å². The van der Waals surface area contributed by atoms with Crippen LogP contribution in [0.25, 0.3) is 0 Å². The maximum absolute atomic E-state index is 13.2. The minimum atomic E-state index is -0.361. The van der Waals surface area contributed by atoms with Gasteiger partial charge in [0, 0.05) is 23.2 Å². The van der Waals surface area contributed by atoms with Gasteiger partial charge in [0.05, 0.1) is 12.3 Å². The third-order valence-corrected chi connectivity index (χ3v) is 3.15. The fourth-order valence-corrected chi connectivity index (χ4v) is 2.06. The highest BCUT2D eigenvalue weighted by Crippen LogP contribution is 2.29. The summed E-state index contributed by atoms with van der Waals surface area (Å²) in [6, 6.07) is 9.19. The number of ether oxygens (including phenoxy) is 1. The number of rotatable bonds is 5. The van der Waals surface area contributed by atoms with E-state index < -0.39 is 0 Å². The molecule has 0 aromatic heterocycles. The van der Waals surface area contributed by atoms with Crippen molar-refractivity contribution in [2.24, 2.45) is 0 Å². The van der Waals surface area contributed by atoms with Crippen LogP contribution < -0.4 is 10.1 Å². The third-order valence-electron chi connectivity index (χ3n) is 2.79. The van der Waals surface area contributed by atoms with Crippen LogP contribution in [0.5, 0.6) is 11.5 Å². The van der Waals surface area contributed by atoms with E-state index in [1.54, 1.807) is 24.3 Å². The van der Waals surface area contributed by atoms with Gasteiger partial charge in [0.15, 0.2) is 0 Å². The van der Waals surface area contributed by atoms with E-state index in [1.807, 2.05) is 6.92 Å². The number of nitrogens with one attached hydrogen (secondary N) is 1. The lowest BCUT2D eigenvalue weighted by Gasteiger charge is -2.14. The zero-order chi connectivity index (χ0) is 14.5. The second-order valence-corrected chi connectivity index (χ2v) is 4.57. The maximum Gasteiger partial charge on any atom is 0.145 e. The van der Waals surface area contributed by atoms with Gasteiger partial charge in [-0.25, -0.2) is 4.39 Å². The summed E-state index contributed by atoms with van der Waals surface area (Å²) in [7, 11) is 0. The summed E-state index contributed by atoms with van der Waals surface area (Å²) in [6.45, 7) is 2.58. The van der Waals surface area contributed by atoms with Gasteiger partial charge in [0.2, 0.25) is 0 Å². The molecule has 5 heteroatoms. The molecule has 0 atom stereocenters. The molecule has 106 valence electrons. The Kier molecular flexibility index (Phi) is 4.69. The first kappa shape index (κ1) is 14.5. The van der Waals surface area contributed by atoms with Crippen LogP contribution in [-0.2, 0) is 6.54 Å². The first-order chi connectivity index (χ1) is 9.61. The van der Waals surface area contributed by atoms with Crippen molar-refractivity contribution >= 4 is 17.3 Å². The van der Waals surface area contributed by atoms with Crippen LogP contribution >= 0.6 is 11.6 Å². The molecule has 2 rings (SSSR count). The SMILES string of the molecule is CCOc1cc(F)ccc1NCc1c(O)cccc1Cl. The van der Waals surface area contributed by atoms with Crippen molar-refractivity contribution in [1.82, 2.24) is 0 Å². The van der Waals surface area contributed by atoms with Gasteiger partial charge < -0.3 is 15.2 Å². The van der Waals surface area contributed by atoms with E-state index in [-0.39, 0.29) is 11.6 Å². The van der Waals surface area contributed by atoms with Crippen molar-refractivity contribution in [3.8, 4) is 11.5 Å². The van der Waals surface area contributed by atoms with E-state index >= 15 is 0 Å². The molecule has 20 heavy (non-hydrogen) atoms. The van der Waals surface area contributed by atoms with Crippen LogP contribution in [0.1, 0.15) is 12.5 Å². The standard InChI is InChI=1S/C15H15ClFNO2/c1-2-20-15-8-10(17)6-7-13(15)18-9-11-12(16)4-3-5-14(11)19/h3-8,18-19H,2,9H2,1H3. The Morgan fingerprint density at radius 3 is 2.80 bits per heavy atom. The number of aromatic hydroxyl groups is 1. The first-order valence-corrected chi connectivity index (χ1v) is 6.62. The van der Waals surface area contributed by atoms with Gasteiger partial charge in [-0.1, -0.05) is 17.7 Å². The summed E-state index contributed by atoms with van der Waals surface area (Å²) < 4.78 is 18.6. The Balaban J connectivity index is 2.18. The fraction of sp³-hybridized carbons (Fsp3) is 0.200. The van der Waals surface area contributed by atoms with Gasteiger partial charge in [-0.2, -0.15) is 0 Å². The average Bonchev–Trinajstić information content (AvgIpc) is 2.40. The molecule has 0 aliphatic heterocycles. The highest BCUT2D eigenvalue weighted by molar-refractivity contribution is 6.31. The summed E-state index contributed by atoms with van der Waals surface area (Å²) in [5, 5.41) is 13.3. The molecule has 0 saturated carbocycles. The van der Waals surface area contributed by atoms with E-state index in [0.717, 1.165) is 0 Å². The van der Waals surface area contributed by atoms with Crippen molar-refractivity contribution in [3.63, 3.8) is 0 Å². The van der Waals surface area contributed by atoms with Crippen molar-refractivity contribution < 1.29 is 14.2 Å². The summed E-state index contributed by atoms with van der Waals surface area (Å²) in [5.74, 6) is 0.184. The number of hydrogen-bond acceptors (Lipinski definition) is 3. The number of halogens is 2. The molecule has 0 heterocycles. The van der Waals surface area contributed by atoms with Gasteiger partial charge in [-0.15, -0.1) is 0 Å². The van der Waals surface area contributed by atoms with Crippen molar-refractivity contribution in [3.05, 3.63) is 52.8 Å². The number of anilines is 1. The number of hydrogen-bond donors (Lipinski definition) is 2. The topological polar surface area (TPSA) is 41.5 Å². The Morgan fingerprint density at radius 1 is 1.30 bits per heavy atom. The molecule has 2 N–H and O–H groups in total. The van der Waals surface area contributed by atoms with Crippen molar-refractivity contribution in [1.29, 1.82) is 0 Å². The highest BCUT2D eigenvalue weighted by atomic mass is 35.5. The smallest absolute Gasteiger partial charge is 0.145 e. The lowest BCUT2D eigenvalue weighted by atomic mass is 10.2. The molecular formula is C15H15ClFNO2. The molecule has 0 fully saturated rings. The largest absolute Gasteiger partial charge is 0.508 e. The molecule has 0 unspecified atom stereocenters. The summed E-state index contributed by atoms with van der Waals surface area (Å²) in [6.07, 6.45) is 0. The van der Waals surface area contributed by atoms with Gasteiger partial charge in [-0.05, 0) is 31.2 Å². The minimum absolute atomic E-state index is 0.116. The predicted octanol–water partition coefficient (Wildman–Crippen LogP) is 4.20. The molecular weight excluding hydrogens is 281 g/mol. The Labute approximate surface area is 122 Å². The molecule has 2 aromatic rings. The van der Waals surface area contributed by atoms with E-state index in [0.29, 0.717) is 35.2 Å². The number of phenolic OH excluding ortho intramolecular Hbond substituents is 1. The Bertz CT molecular complexity index is 584. The second-order valence-electron chi connectivity index (χ2n) is 4.16. The average molecular weight is 296 g/mol. The molecule has 0 radical (unpaired) electrons. The second kappa shape index (κ2) is 6.48. The third kappa shape index (κ3) is 3.33. The number of phenols is 1. The van der Waals surface area contributed by atoms with Crippen LogP contribution in [0.4, 0.5) is 10.1 Å². The zero-order valence-corrected chi connectivity index (χ0v) is 11.7. The Hall–Kier alpha value is -1.94. The Morgan fingerprint density at radius 2 is 2.10 bits per heavy atom. The molecule has 0 aliphatic rings. The maximum atomic E-state index is 13.2. The fourth-order valence-electron chi connectivity index (χ4n) is 1.82. The van der Waals surface area contributed by atoms with Crippen molar-refractivity contribution in [2.45, 2.75) is 13.5 Å². The highest BCUT2D eigenvalue weighted by Gasteiger charge is 2.09. The van der Waals surface area contributed by atoms with Gasteiger partial charge >= 0.3 is 0 Å². The van der Waals surface area contributed by atoms with E-state index in [2.05, 4.69) is 5.32 Å². The van der Waals surface area contributed by atoms with Crippen LogP contribution in [0.3, 0.4) is 0 Å². The van der Waals surface area contributed by atoms with E-state index in [4.69, 9.17) is 16.3 Å². The summed E-state index contributed by atoms with van der Waals surface area (Å²) >= 11 is 6.03. The summed E-state index contributed by atoms with van der Waals surface area (Å²) in [4.78, 5) is 0. The van der Waals surface area contributed by atoms with Crippen LogP contribution in [0, 0.1) is 5.82 Å². The normalized spacial score (nSPS) is 10.3. The van der Waals surface area contributed by atoms with Gasteiger partial charge in [0.1, 0.15) is 17.3 Å². The molecule has 0 bridgehead atoms. The van der Waals surface area contributed by atoms with Crippen LogP contribution in [0.15, 0.2) is 36.4 Å². The predicted molar refractivity (Wildman–Crippen MR) is 78.0 cm³/mol. The monoisotopic (exact) mass is 295 g/mol. The van der Waals surface area contributed by atoms with Crippen LogP contribution in [0.2, 0.25) is 5.02 Å². The minimum Gasteiger partial charge on any atom is -0.508 e. The molecule has 2 aromatic carbocycles. The lowest BCUT2D eigenvalue weighted by Crippen LogP contribution is -2.04. The van der Waals surface area contributed by atoms with Crippen LogP contribution in [-0.4, -0.2) is 11.7 Å². The van der Waals surface area contributed by atoms with Crippen molar-refractivity contribution in [2.75, 3.05) is 11.9 Å². The molecule has 0 amide bonds. The molecule has 0 saturated heterocycles. The molecule has 3 nitrogen and oxygen atoms in total. The van der Waals surface area contributed by atoms with Gasteiger partial charge in [0.25, 0.3) is 0 Å². The van der Waals surface area contributed by atoms with Gasteiger partial charge in [-0.3, -0.25) is 0 Å². The summed E-state index contributed by atoms with van der Waals surface area (Å²) in [5.41, 5.74) is 1.23. The molecule has 0 aliphatic carbocycles. The lowest BCUT2D eigenvalue weighted by molar-refractivity contribution is 0.339. The zero-order valence-electron chi connectivity index (χ0n) is 11.0. The number of benzene rings is 2.